The molecule has 2 rings (SSSR count). The van der Waals surface area contributed by atoms with E-state index in [4.69, 9.17) is 23.9 Å². The van der Waals surface area contributed by atoms with E-state index in [0.29, 0.717) is 22.6 Å². The van der Waals surface area contributed by atoms with E-state index < -0.39 is 6.62 Å². The second kappa shape index (κ2) is 6.39. The lowest BCUT2D eigenvalue weighted by atomic mass is 10.2. The van der Waals surface area contributed by atoms with Gasteiger partial charge in [-0.25, -0.2) is 4.85 Å². The molecule has 0 fully saturated rings. The predicted octanol–water partition coefficient (Wildman–Crippen LogP) is 5.09. The molecule has 1 unspecified atom stereocenters. The molecule has 5 heteroatoms. The Kier molecular flexibility index (Phi) is 4.82. The Labute approximate surface area is 126 Å². The van der Waals surface area contributed by atoms with Crippen LogP contribution in [-0.4, -0.2) is 0 Å². The van der Waals surface area contributed by atoms with Crippen LogP contribution >= 0.6 is 33.7 Å². The van der Waals surface area contributed by atoms with Crippen molar-refractivity contribution < 1.29 is 0 Å². The Morgan fingerprint density at radius 2 is 1.89 bits per heavy atom. The van der Waals surface area contributed by atoms with Gasteiger partial charge in [0.2, 0.25) is 5.69 Å². The highest BCUT2D eigenvalue weighted by atomic mass is 79.9. The van der Waals surface area contributed by atoms with Crippen LogP contribution in [0.3, 0.4) is 0 Å². The average Bonchev–Trinajstić information content (AvgIpc) is 2.44. The number of nitrogens with zero attached hydrogens (tertiary/aromatic N) is 1. The number of hydrogen-bond donors (Lipinski definition) is 1. The van der Waals surface area contributed by atoms with Gasteiger partial charge in [0.1, 0.15) is 0 Å². The zero-order valence-corrected chi connectivity index (χ0v) is 13.2. The first kappa shape index (κ1) is 14.3. The van der Waals surface area contributed by atoms with Gasteiger partial charge in [0.15, 0.2) is 0 Å². The van der Waals surface area contributed by atoms with Crippen LogP contribution in [0, 0.1) is 6.57 Å². The van der Waals surface area contributed by atoms with E-state index in [1.807, 2.05) is 18.2 Å². The van der Waals surface area contributed by atoms with E-state index in [-0.39, 0.29) is 0 Å². The molecule has 0 aliphatic rings. The summed E-state index contributed by atoms with van der Waals surface area (Å²) >= 11 is 9.95. The molecule has 0 radical (unpaired) electrons. The van der Waals surface area contributed by atoms with Gasteiger partial charge in [0, 0.05) is 18.5 Å². The normalized spacial score (nSPS) is 11.8. The van der Waals surface area contributed by atoms with Crippen LogP contribution < -0.4 is 11.0 Å². The van der Waals surface area contributed by atoms with Crippen molar-refractivity contribution >= 4 is 50.4 Å². The smallest absolute Gasteiger partial charge is 0.205 e. The summed E-state index contributed by atoms with van der Waals surface area (Å²) in [5.41, 5.74) is 7.92. The molecule has 1 atom stereocenters. The van der Waals surface area contributed by atoms with Gasteiger partial charge in [-0.05, 0) is 16.9 Å². The predicted molar refractivity (Wildman–Crippen MR) is 87.8 cm³/mol. The zero-order valence-electron chi connectivity index (χ0n) is 9.98. The first-order chi connectivity index (χ1) is 9.13. The maximum absolute atomic E-state index is 7.09. The topological polar surface area (TPSA) is 30.4 Å². The quantitative estimate of drug-likeness (QED) is 0.465. The molecule has 0 aliphatic heterocycles. The Morgan fingerprint density at radius 1 is 1.21 bits per heavy atom. The summed E-state index contributed by atoms with van der Waals surface area (Å²) in [6.45, 7) is 6.53. The molecule has 0 aromatic heterocycles. The molecule has 19 heavy (non-hydrogen) atoms. The third-order valence-electron chi connectivity index (χ3n) is 2.71. The van der Waals surface area contributed by atoms with Crippen LogP contribution in [-0.2, 0) is 6.16 Å². The fourth-order valence-corrected chi connectivity index (χ4v) is 4.82. The molecule has 0 heterocycles. The molecular weight excluding hydrogens is 342 g/mol. The minimum atomic E-state index is -0.557. The third-order valence-corrected chi connectivity index (χ3v) is 6.57. The van der Waals surface area contributed by atoms with Gasteiger partial charge in [0.05, 0.1) is 11.6 Å². The van der Waals surface area contributed by atoms with Gasteiger partial charge in [-0.2, -0.15) is 0 Å². The maximum atomic E-state index is 7.09. The van der Waals surface area contributed by atoms with E-state index in [0.717, 1.165) is 5.56 Å². The highest BCUT2D eigenvalue weighted by Gasteiger charge is 2.15. The van der Waals surface area contributed by atoms with E-state index in [1.54, 1.807) is 12.1 Å². The molecule has 2 N–H and O–H groups in total. The van der Waals surface area contributed by atoms with Crippen LogP contribution in [0.15, 0.2) is 42.5 Å². The lowest BCUT2D eigenvalue weighted by Crippen LogP contribution is -2.00. The fraction of sp³-hybridized carbons (Fsp3) is 0.0714. The zero-order chi connectivity index (χ0) is 13.8. The molecule has 0 aliphatic carbocycles. The fourth-order valence-electron chi connectivity index (χ4n) is 1.69. The Hall–Kier alpha value is -1.07. The Balaban J connectivity index is 2.32. The molecule has 2 aromatic rings. The molecule has 96 valence electrons. The minimum Gasteiger partial charge on any atom is -0.399 e. The maximum Gasteiger partial charge on any atom is 0.205 e. The van der Waals surface area contributed by atoms with Gasteiger partial charge < -0.3 is 5.73 Å². The van der Waals surface area contributed by atoms with Crippen molar-refractivity contribution in [3.8, 4) is 0 Å². The highest BCUT2D eigenvalue weighted by Crippen LogP contribution is 2.49. The van der Waals surface area contributed by atoms with Crippen molar-refractivity contribution in [1.29, 1.82) is 0 Å². The third kappa shape index (κ3) is 3.28. The van der Waals surface area contributed by atoms with Crippen molar-refractivity contribution in [3.05, 3.63) is 64.5 Å². The highest BCUT2D eigenvalue weighted by molar-refractivity contribution is 9.40. The summed E-state index contributed by atoms with van der Waals surface area (Å²) in [5, 5.41) is 1.69. The van der Waals surface area contributed by atoms with E-state index >= 15 is 0 Å². The van der Waals surface area contributed by atoms with Crippen molar-refractivity contribution in [2.75, 3.05) is 5.73 Å². The van der Waals surface area contributed by atoms with Crippen molar-refractivity contribution in [2.24, 2.45) is 0 Å². The monoisotopic (exact) mass is 352 g/mol. The second-order valence-electron chi connectivity index (χ2n) is 3.93. The molecule has 0 saturated carbocycles. The summed E-state index contributed by atoms with van der Waals surface area (Å²) in [5.74, 6) is 0. The minimum absolute atomic E-state index is 0.454. The van der Waals surface area contributed by atoms with Crippen molar-refractivity contribution in [2.45, 2.75) is 6.16 Å². The van der Waals surface area contributed by atoms with Crippen molar-refractivity contribution in [3.63, 3.8) is 0 Å². The number of anilines is 1. The number of nitrogen functional groups attached to an aromatic ring is 1. The van der Waals surface area contributed by atoms with E-state index in [2.05, 4.69) is 32.5 Å². The average molecular weight is 354 g/mol. The Morgan fingerprint density at radius 3 is 2.53 bits per heavy atom. The van der Waals surface area contributed by atoms with Crippen LogP contribution in [0.5, 0.6) is 0 Å². The molecular formula is C14H11BrClN2P. The number of benzene rings is 2. The lowest BCUT2D eigenvalue weighted by Gasteiger charge is -2.14. The van der Waals surface area contributed by atoms with Gasteiger partial charge in [-0.3, -0.25) is 0 Å². The summed E-state index contributed by atoms with van der Waals surface area (Å²) in [7, 11) is 0. The van der Waals surface area contributed by atoms with Crippen LogP contribution in [0.4, 0.5) is 11.4 Å². The van der Waals surface area contributed by atoms with E-state index in [9.17, 15) is 0 Å². The summed E-state index contributed by atoms with van der Waals surface area (Å²) < 4.78 is 0. The summed E-state index contributed by atoms with van der Waals surface area (Å²) in [4.78, 5) is 3.41. The number of halogens is 2. The molecule has 0 amide bonds. The largest absolute Gasteiger partial charge is 0.399 e. The van der Waals surface area contributed by atoms with Gasteiger partial charge in [-0.15, -0.1) is 0 Å². The Bertz CT molecular complexity index is 625. The summed E-state index contributed by atoms with van der Waals surface area (Å²) in [6, 6.07) is 13.6. The first-order valence-corrected chi connectivity index (χ1v) is 9.48. The van der Waals surface area contributed by atoms with Crippen LogP contribution in [0.2, 0.25) is 5.02 Å². The van der Waals surface area contributed by atoms with Crippen molar-refractivity contribution in [1.82, 2.24) is 0 Å². The van der Waals surface area contributed by atoms with Gasteiger partial charge in [0.25, 0.3) is 0 Å². The molecule has 0 spiro atoms. The molecule has 0 saturated heterocycles. The molecule has 2 aromatic carbocycles. The number of hydrogen-bond acceptors (Lipinski definition) is 1. The molecule has 0 bridgehead atoms. The van der Waals surface area contributed by atoms with Gasteiger partial charge >= 0.3 is 0 Å². The second-order valence-corrected chi connectivity index (χ2v) is 8.44. The lowest BCUT2D eigenvalue weighted by molar-refractivity contribution is 1.42. The van der Waals surface area contributed by atoms with Crippen LogP contribution in [0.1, 0.15) is 5.56 Å². The number of nitrogens with two attached hydrogens (primary N) is 1. The standard InChI is InChI=1S/C14H11BrClN2P/c1-18-13-8-7-12(17)11(14(13)16)9-19(15)10-5-3-2-4-6-10/h2-8H,9,17H2. The summed E-state index contributed by atoms with van der Waals surface area (Å²) in [6.07, 6.45) is 0.716. The van der Waals surface area contributed by atoms with E-state index in [1.165, 1.54) is 5.30 Å². The molecule has 2 nitrogen and oxygen atoms in total. The van der Waals surface area contributed by atoms with Gasteiger partial charge in [-0.1, -0.05) is 63.5 Å². The first-order valence-electron chi connectivity index (χ1n) is 5.56. The van der Waals surface area contributed by atoms with Crippen LogP contribution in [0.25, 0.3) is 4.85 Å². The SMILES string of the molecule is [C-]#[N+]c1ccc(N)c(CP(Br)c2ccccc2)c1Cl. The number of rotatable bonds is 3.